The van der Waals surface area contributed by atoms with Crippen molar-refractivity contribution >= 4 is 33.5 Å². The highest BCUT2D eigenvalue weighted by molar-refractivity contribution is 9.10. The van der Waals surface area contributed by atoms with Crippen LogP contribution in [0.2, 0.25) is 0 Å². The second-order valence-electron chi connectivity index (χ2n) is 6.69. The van der Waals surface area contributed by atoms with E-state index in [0.717, 1.165) is 43.2 Å². The molecule has 0 aliphatic rings. The summed E-state index contributed by atoms with van der Waals surface area (Å²) in [5, 5.41) is 6.76. The Labute approximate surface area is 194 Å². The molecule has 0 unspecified atom stereocenters. The molecule has 1 heterocycles. The van der Waals surface area contributed by atoms with Crippen molar-refractivity contribution in [2.24, 2.45) is 10.1 Å². The summed E-state index contributed by atoms with van der Waals surface area (Å²) in [4.78, 5) is 5.42. The van der Waals surface area contributed by atoms with Gasteiger partial charge in [0.2, 0.25) is 4.80 Å². The van der Waals surface area contributed by atoms with Crippen molar-refractivity contribution in [2.45, 2.75) is 6.92 Å². The summed E-state index contributed by atoms with van der Waals surface area (Å²) in [6.07, 6.45) is 1.76. The predicted octanol–water partition coefficient (Wildman–Crippen LogP) is 5.36. The Hall–Kier alpha value is -2.84. The summed E-state index contributed by atoms with van der Waals surface area (Å²) in [6, 6.07) is 11.4. The third-order valence-corrected chi connectivity index (χ3v) is 5.70. The Morgan fingerprint density at radius 3 is 2.52 bits per heavy atom. The summed E-state index contributed by atoms with van der Waals surface area (Å²) in [5.41, 5.74) is 3.50. The SMILES string of the molecule is C=C(C)CN=c1scc(-c2cc(OC)ccc2OC)n1N=Cc1cc(Br)ccc1OC. The highest BCUT2D eigenvalue weighted by Gasteiger charge is 2.14. The smallest absolute Gasteiger partial charge is 0.206 e. The molecule has 3 rings (SSSR count). The molecule has 162 valence electrons. The van der Waals surface area contributed by atoms with E-state index in [0.29, 0.717) is 12.3 Å². The van der Waals surface area contributed by atoms with E-state index in [1.807, 2.05) is 48.7 Å². The number of hydrogen-bond acceptors (Lipinski definition) is 6. The van der Waals surface area contributed by atoms with E-state index >= 15 is 0 Å². The zero-order valence-corrected chi connectivity index (χ0v) is 20.3. The third kappa shape index (κ3) is 5.45. The number of ether oxygens (including phenoxy) is 3. The van der Waals surface area contributed by atoms with Gasteiger partial charge >= 0.3 is 0 Å². The Morgan fingerprint density at radius 2 is 1.84 bits per heavy atom. The average Bonchev–Trinajstić information content (AvgIpc) is 3.18. The van der Waals surface area contributed by atoms with Crippen LogP contribution < -0.4 is 19.0 Å². The van der Waals surface area contributed by atoms with Crippen LogP contribution in [-0.2, 0) is 0 Å². The number of rotatable bonds is 8. The molecule has 8 heteroatoms. The van der Waals surface area contributed by atoms with Gasteiger partial charge in [0.15, 0.2) is 0 Å². The fourth-order valence-electron chi connectivity index (χ4n) is 2.85. The molecule has 0 saturated heterocycles. The van der Waals surface area contributed by atoms with E-state index in [4.69, 9.17) is 19.3 Å². The molecular formula is C23H24BrN3O3S. The van der Waals surface area contributed by atoms with Gasteiger partial charge in [0.1, 0.15) is 17.2 Å². The van der Waals surface area contributed by atoms with Crippen molar-refractivity contribution in [1.29, 1.82) is 0 Å². The summed E-state index contributed by atoms with van der Waals surface area (Å²) < 4.78 is 19.2. The molecule has 31 heavy (non-hydrogen) atoms. The van der Waals surface area contributed by atoms with Crippen molar-refractivity contribution in [3.63, 3.8) is 0 Å². The molecule has 0 N–H and O–H groups in total. The predicted molar refractivity (Wildman–Crippen MR) is 130 cm³/mol. The number of halogens is 1. The summed E-state index contributed by atoms with van der Waals surface area (Å²) >= 11 is 5.00. The molecule has 0 radical (unpaired) electrons. The molecule has 0 atom stereocenters. The lowest BCUT2D eigenvalue weighted by atomic mass is 10.1. The van der Waals surface area contributed by atoms with Crippen LogP contribution in [0.15, 0.2) is 68.5 Å². The van der Waals surface area contributed by atoms with E-state index in [2.05, 4.69) is 27.5 Å². The van der Waals surface area contributed by atoms with Gasteiger partial charge < -0.3 is 14.2 Å². The van der Waals surface area contributed by atoms with Gasteiger partial charge in [-0.15, -0.1) is 11.3 Å². The average molecular weight is 502 g/mol. The Kier molecular flexibility index (Phi) is 7.70. The van der Waals surface area contributed by atoms with Crippen LogP contribution in [0.1, 0.15) is 12.5 Å². The quantitative estimate of drug-likeness (QED) is 0.308. The Morgan fingerprint density at radius 1 is 1.10 bits per heavy atom. The normalized spacial score (nSPS) is 11.7. The molecule has 1 aromatic heterocycles. The van der Waals surface area contributed by atoms with Crippen LogP contribution in [0.3, 0.4) is 0 Å². The monoisotopic (exact) mass is 501 g/mol. The summed E-state index contributed by atoms with van der Waals surface area (Å²) in [6.45, 7) is 6.41. The second kappa shape index (κ2) is 10.5. The summed E-state index contributed by atoms with van der Waals surface area (Å²) in [7, 11) is 4.92. The molecule has 0 aliphatic carbocycles. The topological polar surface area (TPSA) is 57.3 Å². The molecule has 0 bridgehead atoms. The van der Waals surface area contributed by atoms with Crippen LogP contribution in [-0.4, -0.2) is 38.8 Å². The van der Waals surface area contributed by atoms with E-state index in [9.17, 15) is 0 Å². The van der Waals surface area contributed by atoms with Crippen molar-refractivity contribution in [1.82, 2.24) is 4.68 Å². The van der Waals surface area contributed by atoms with Crippen LogP contribution in [0, 0.1) is 0 Å². The zero-order valence-electron chi connectivity index (χ0n) is 17.9. The summed E-state index contributed by atoms with van der Waals surface area (Å²) in [5.74, 6) is 2.17. The number of methoxy groups -OCH3 is 3. The van der Waals surface area contributed by atoms with E-state index in [1.165, 1.54) is 11.3 Å². The third-order valence-electron chi connectivity index (χ3n) is 4.36. The van der Waals surface area contributed by atoms with Crippen molar-refractivity contribution < 1.29 is 14.2 Å². The fraction of sp³-hybridized carbons (Fsp3) is 0.217. The van der Waals surface area contributed by atoms with Gasteiger partial charge in [-0.2, -0.15) is 5.10 Å². The van der Waals surface area contributed by atoms with Crippen molar-refractivity contribution in [2.75, 3.05) is 27.9 Å². The first-order valence-electron chi connectivity index (χ1n) is 9.42. The van der Waals surface area contributed by atoms with Gasteiger partial charge in [0.25, 0.3) is 0 Å². The molecule has 0 amide bonds. The maximum Gasteiger partial charge on any atom is 0.206 e. The van der Waals surface area contributed by atoms with Gasteiger partial charge in [-0.3, -0.25) is 4.99 Å². The van der Waals surface area contributed by atoms with Gasteiger partial charge in [-0.05, 0) is 43.3 Å². The van der Waals surface area contributed by atoms with E-state index in [-0.39, 0.29) is 0 Å². The molecule has 0 spiro atoms. The number of nitrogens with zero attached hydrogens (tertiary/aromatic N) is 3. The number of thiazole rings is 1. The van der Waals surface area contributed by atoms with E-state index < -0.39 is 0 Å². The molecule has 0 fully saturated rings. The minimum Gasteiger partial charge on any atom is -0.497 e. The molecule has 0 saturated carbocycles. The van der Waals surface area contributed by atoms with Gasteiger partial charge in [0.05, 0.1) is 39.8 Å². The highest BCUT2D eigenvalue weighted by atomic mass is 79.9. The lowest BCUT2D eigenvalue weighted by Crippen LogP contribution is -2.13. The van der Waals surface area contributed by atoms with Crippen LogP contribution >= 0.6 is 27.3 Å². The molecule has 6 nitrogen and oxygen atoms in total. The lowest BCUT2D eigenvalue weighted by molar-refractivity contribution is 0.404. The van der Waals surface area contributed by atoms with Crippen LogP contribution in [0.4, 0.5) is 0 Å². The fourth-order valence-corrected chi connectivity index (χ4v) is 4.05. The molecule has 0 aliphatic heterocycles. The minimum atomic E-state index is 0.519. The largest absolute Gasteiger partial charge is 0.497 e. The van der Waals surface area contributed by atoms with Crippen LogP contribution in [0.5, 0.6) is 17.2 Å². The molecule has 3 aromatic rings. The number of aromatic nitrogens is 1. The first-order valence-corrected chi connectivity index (χ1v) is 11.1. The van der Waals surface area contributed by atoms with Gasteiger partial charge in [-0.1, -0.05) is 28.1 Å². The molecule has 2 aromatic carbocycles. The lowest BCUT2D eigenvalue weighted by Gasteiger charge is -2.11. The second-order valence-corrected chi connectivity index (χ2v) is 8.44. The Balaban J connectivity index is 2.19. The molecular weight excluding hydrogens is 478 g/mol. The maximum absolute atomic E-state index is 5.59. The van der Waals surface area contributed by atoms with Crippen molar-refractivity contribution in [3.05, 3.63) is 68.8 Å². The number of benzene rings is 2. The first kappa shape index (κ1) is 22.8. The highest BCUT2D eigenvalue weighted by Crippen LogP contribution is 2.34. The number of hydrogen-bond donors (Lipinski definition) is 0. The zero-order chi connectivity index (χ0) is 22.4. The van der Waals surface area contributed by atoms with E-state index in [1.54, 1.807) is 32.2 Å². The van der Waals surface area contributed by atoms with Crippen molar-refractivity contribution in [3.8, 4) is 28.5 Å². The van der Waals surface area contributed by atoms with Gasteiger partial charge in [0, 0.05) is 21.0 Å². The van der Waals surface area contributed by atoms with Crippen LogP contribution in [0.25, 0.3) is 11.3 Å². The standard InChI is InChI=1S/C23H24BrN3O3S/c1-15(2)12-25-23-27(26-13-16-10-17(24)6-8-21(16)29-4)20(14-31-23)19-11-18(28-3)7-9-22(19)30-5/h6-11,13-14H,1,12H2,2-5H3. The maximum atomic E-state index is 5.59. The Bertz CT molecular complexity index is 1180. The van der Waals surface area contributed by atoms with Gasteiger partial charge in [-0.25, -0.2) is 4.68 Å². The minimum absolute atomic E-state index is 0.519. The first-order chi connectivity index (χ1) is 15.0.